The SMILES string of the molecule is Cc1cc(CN(CC2CC2)CC2CCN(c3nccc4nc(C(F)(F)F)ccc34)CC2)no1.Cl. The molecule has 0 aromatic carbocycles. The van der Waals surface area contributed by atoms with Crippen molar-refractivity contribution < 1.29 is 17.7 Å². The summed E-state index contributed by atoms with van der Waals surface area (Å²) < 4.78 is 44.4. The highest BCUT2D eigenvalue weighted by Crippen LogP contribution is 2.34. The molecule has 10 heteroatoms. The van der Waals surface area contributed by atoms with Crippen molar-refractivity contribution in [1.82, 2.24) is 20.0 Å². The van der Waals surface area contributed by atoms with Gasteiger partial charge in [-0.15, -0.1) is 12.4 Å². The van der Waals surface area contributed by atoms with Crippen molar-refractivity contribution in [3.8, 4) is 0 Å². The Morgan fingerprint density at radius 3 is 2.38 bits per heavy atom. The second kappa shape index (κ2) is 10.1. The zero-order chi connectivity index (χ0) is 23.0. The van der Waals surface area contributed by atoms with E-state index in [1.165, 1.54) is 18.9 Å². The molecule has 2 fully saturated rings. The van der Waals surface area contributed by atoms with E-state index < -0.39 is 11.9 Å². The fourth-order valence-electron chi connectivity index (χ4n) is 4.73. The maximum absolute atomic E-state index is 13.0. The Balaban J connectivity index is 0.00000274. The second-order valence-electron chi connectivity index (χ2n) is 9.39. The van der Waals surface area contributed by atoms with Crippen molar-refractivity contribution in [1.29, 1.82) is 0 Å². The molecular weight excluding hydrogens is 467 g/mol. The van der Waals surface area contributed by atoms with Gasteiger partial charge in [-0.25, -0.2) is 9.97 Å². The third-order valence-corrected chi connectivity index (χ3v) is 6.59. The fourth-order valence-corrected chi connectivity index (χ4v) is 4.73. The first-order valence-electron chi connectivity index (χ1n) is 11.6. The standard InChI is InChI=1S/C24H28F3N5O.ClH/c1-16-12-19(30-33-16)15-31(13-17-2-3-17)14-18-7-10-32(11-8-18)23-20-4-5-22(24(25,26)27)29-21(20)6-9-28-23;/h4-6,9,12,17-18H,2-3,7-8,10-11,13-15H2,1H3;1H. The Bertz CT molecular complexity index is 1110. The number of fused-ring (bicyclic) bond motifs is 1. The van der Waals surface area contributed by atoms with Crippen LogP contribution in [0.2, 0.25) is 0 Å². The van der Waals surface area contributed by atoms with Gasteiger partial charge in [-0.05, 0) is 62.6 Å². The van der Waals surface area contributed by atoms with E-state index in [0.717, 1.165) is 74.8 Å². The normalized spacial score (nSPS) is 17.4. The van der Waals surface area contributed by atoms with Gasteiger partial charge in [0.05, 0.1) is 11.2 Å². The van der Waals surface area contributed by atoms with Crippen LogP contribution in [-0.2, 0) is 12.7 Å². The quantitative estimate of drug-likeness (QED) is 0.431. The van der Waals surface area contributed by atoms with Crippen LogP contribution in [0.3, 0.4) is 0 Å². The van der Waals surface area contributed by atoms with E-state index in [-0.39, 0.29) is 12.4 Å². The van der Waals surface area contributed by atoms with Gasteiger partial charge in [-0.3, -0.25) is 4.90 Å². The topological polar surface area (TPSA) is 58.3 Å². The monoisotopic (exact) mass is 495 g/mol. The molecule has 0 spiro atoms. The van der Waals surface area contributed by atoms with E-state index in [1.807, 2.05) is 13.0 Å². The molecule has 0 amide bonds. The summed E-state index contributed by atoms with van der Waals surface area (Å²) in [5.74, 6) is 2.93. The molecule has 3 aromatic rings. The lowest BCUT2D eigenvalue weighted by Gasteiger charge is -2.35. The molecule has 184 valence electrons. The van der Waals surface area contributed by atoms with Crippen molar-refractivity contribution in [2.75, 3.05) is 31.1 Å². The van der Waals surface area contributed by atoms with Gasteiger partial charge in [0.25, 0.3) is 0 Å². The van der Waals surface area contributed by atoms with Crippen molar-refractivity contribution >= 4 is 29.1 Å². The van der Waals surface area contributed by atoms with Gasteiger partial charge < -0.3 is 9.42 Å². The van der Waals surface area contributed by atoms with Crippen LogP contribution in [0, 0.1) is 18.8 Å². The molecule has 0 atom stereocenters. The number of pyridine rings is 2. The van der Waals surface area contributed by atoms with Crippen molar-refractivity contribution in [2.24, 2.45) is 11.8 Å². The van der Waals surface area contributed by atoms with E-state index in [0.29, 0.717) is 16.8 Å². The average molecular weight is 496 g/mol. The smallest absolute Gasteiger partial charge is 0.361 e. The molecule has 0 radical (unpaired) electrons. The van der Waals surface area contributed by atoms with Gasteiger partial charge in [0, 0.05) is 50.4 Å². The Labute approximate surface area is 202 Å². The molecule has 2 aliphatic rings. The lowest BCUT2D eigenvalue weighted by Crippen LogP contribution is -2.39. The van der Waals surface area contributed by atoms with Crippen LogP contribution in [0.1, 0.15) is 42.8 Å². The molecule has 0 N–H and O–H groups in total. The lowest BCUT2D eigenvalue weighted by molar-refractivity contribution is -0.140. The van der Waals surface area contributed by atoms with Crippen LogP contribution in [0.15, 0.2) is 35.0 Å². The highest BCUT2D eigenvalue weighted by Gasteiger charge is 2.33. The summed E-state index contributed by atoms with van der Waals surface area (Å²) in [5, 5.41) is 4.84. The van der Waals surface area contributed by atoms with Crippen molar-refractivity contribution in [3.63, 3.8) is 0 Å². The third-order valence-electron chi connectivity index (χ3n) is 6.59. The van der Waals surface area contributed by atoms with Gasteiger partial charge >= 0.3 is 6.18 Å². The van der Waals surface area contributed by atoms with Crippen LogP contribution < -0.4 is 4.90 Å². The number of halogens is 4. The van der Waals surface area contributed by atoms with Gasteiger partial charge in [0.15, 0.2) is 0 Å². The molecule has 4 heterocycles. The molecular formula is C24H29ClF3N5O. The molecule has 0 unspecified atom stereocenters. The van der Waals surface area contributed by atoms with E-state index >= 15 is 0 Å². The summed E-state index contributed by atoms with van der Waals surface area (Å²) >= 11 is 0. The van der Waals surface area contributed by atoms with E-state index in [4.69, 9.17) is 4.52 Å². The molecule has 1 aliphatic carbocycles. The molecule has 1 aliphatic heterocycles. The van der Waals surface area contributed by atoms with Crippen LogP contribution in [-0.4, -0.2) is 46.2 Å². The highest BCUT2D eigenvalue weighted by atomic mass is 35.5. The van der Waals surface area contributed by atoms with Gasteiger partial charge in [-0.1, -0.05) is 5.16 Å². The Kier molecular flexibility index (Phi) is 7.33. The van der Waals surface area contributed by atoms with E-state index in [1.54, 1.807) is 12.3 Å². The third kappa shape index (κ3) is 5.81. The number of rotatable bonds is 7. The summed E-state index contributed by atoms with van der Waals surface area (Å²) in [7, 11) is 0. The van der Waals surface area contributed by atoms with Gasteiger partial charge in [-0.2, -0.15) is 13.2 Å². The largest absolute Gasteiger partial charge is 0.433 e. The van der Waals surface area contributed by atoms with Gasteiger partial charge in [0.2, 0.25) is 0 Å². The number of hydrogen-bond acceptors (Lipinski definition) is 6. The molecule has 34 heavy (non-hydrogen) atoms. The number of hydrogen-bond donors (Lipinski definition) is 0. The molecule has 0 bridgehead atoms. The Morgan fingerprint density at radius 2 is 1.76 bits per heavy atom. The molecule has 3 aromatic heterocycles. The number of piperidine rings is 1. The summed E-state index contributed by atoms with van der Waals surface area (Å²) in [6, 6.07) is 6.09. The van der Waals surface area contributed by atoms with Crippen LogP contribution in [0.25, 0.3) is 10.9 Å². The first-order chi connectivity index (χ1) is 15.8. The first-order valence-corrected chi connectivity index (χ1v) is 11.6. The number of anilines is 1. The Hall–Kier alpha value is -2.39. The summed E-state index contributed by atoms with van der Waals surface area (Å²) in [5.41, 5.74) is 0.440. The van der Waals surface area contributed by atoms with E-state index in [2.05, 4.69) is 24.9 Å². The van der Waals surface area contributed by atoms with Crippen LogP contribution >= 0.6 is 12.4 Å². The van der Waals surface area contributed by atoms with Crippen molar-refractivity contribution in [3.05, 3.63) is 47.6 Å². The number of aromatic nitrogens is 3. The molecule has 6 nitrogen and oxygen atoms in total. The minimum absolute atomic E-state index is 0. The predicted octanol–water partition coefficient (Wildman–Crippen LogP) is 5.50. The predicted molar refractivity (Wildman–Crippen MR) is 126 cm³/mol. The van der Waals surface area contributed by atoms with Crippen molar-refractivity contribution in [2.45, 2.75) is 45.3 Å². The Morgan fingerprint density at radius 1 is 1.06 bits per heavy atom. The summed E-state index contributed by atoms with van der Waals surface area (Å²) in [6.45, 7) is 6.51. The summed E-state index contributed by atoms with van der Waals surface area (Å²) in [6.07, 6.45) is 1.75. The summed E-state index contributed by atoms with van der Waals surface area (Å²) in [4.78, 5) is 13.0. The molecule has 1 saturated heterocycles. The number of alkyl halides is 3. The first kappa shape index (κ1) is 24.7. The number of aryl methyl sites for hydroxylation is 1. The molecule has 1 saturated carbocycles. The maximum Gasteiger partial charge on any atom is 0.433 e. The fraction of sp³-hybridized carbons (Fsp3) is 0.542. The maximum atomic E-state index is 13.0. The average Bonchev–Trinajstić information content (AvgIpc) is 3.51. The zero-order valence-electron chi connectivity index (χ0n) is 19.1. The second-order valence-corrected chi connectivity index (χ2v) is 9.39. The number of nitrogens with zero attached hydrogens (tertiary/aromatic N) is 5. The van der Waals surface area contributed by atoms with Gasteiger partial charge in [0.1, 0.15) is 17.3 Å². The lowest BCUT2D eigenvalue weighted by atomic mass is 9.95. The van der Waals surface area contributed by atoms with E-state index in [9.17, 15) is 13.2 Å². The van der Waals surface area contributed by atoms with Crippen LogP contribution in [0.4, 0.5) is 19.0 Å². The zero-order valence-corrected chi connectivity index (χ0v) is 19.9. The molecule has 5 rings (SSSR count). The highest BCUT2D eigenvalue weighted by molar-refractivity contribution is 5.89. The minimum Gasteiger partial charge on any atom is -0.361 e. The van der Waals surface area contributed by atoms with Crippen LogP contribution in [0.5, 0.6) is 0 Å². The minimum atomic E-state index is -4.45.